The second-order valence-corrected chi connectivity index (χ2v) is 9.04. The first-order valence-corrected chi connectivity index (χ1v) is 10.4. The lowest BCUT2D eigenvalue weighted by Crippen LogP contribution is -2.52. The fraction of sp³-hybridized carbons (Fsp3) is 0.391. The van der Waals surface area contributed by atoms with E-state index in [2.05, 4.69) is 5.32 Å². The van der Waals surface area contributed by atoms with Crippen molar-refractivity contribution in [2.24, 2.45) is 0 Å². The lowest BCUT2D eigenvalue weighted by Gasteiger charge is -2.31. The van der Waals surface area contributed by atoms with Crippen LogP contribution in [0.5, 0.6) is 5.75 Å². The minimum atomic E-state index is -0.662. The average molecular weight is 451 g/mol. The van der Waals surface area contributed by atoms with E-state index in [1.165, 1.54) is 0 Å². The Morgan fingerprint density at radius 1 is 1.10 bits per heavy atom. The van der Waals surface area contributed by atoms with Gasteiger partial charge in [-0.05, 0) is 63.1 Å². The quantitative estimate of drug-likeness (QED) is 0.653. The van der Waals surface area contributed by atoms with Crippen LogP contribution in [-0.2, 0) is 22.6 Å². The normalized spacial score (nSPS) is 12.2. The van der Waals surface area contributed by atoms with Crippen LogP contribution in [0, 0.1) is 0 Å². The first-order chi connectivity index (χ1) is 14.0. The maximum atomic E-state index is 13.2. The molecule has 2 aromatic carbocycles. The van der Waals surface area contributed by atoms with Crippen LogP contribution in [-0.4, -0.2) is 35.4 Å². The first-order valence-electron chi connectivity index (χ1n) is 9.68. The molecule has 0 aliphatic heterocycles. The van der Waals surface area contributed by atoms with Crippen LogP contribution in [0.2, 0.25) is 10.0 Å². The monoisotopic (exact) mass is 450 g/mol. The van der Waals surface area contributed by atoms with Crippen LogP contribution < -0.4 is 10.1 Å². The van der Waals surface area contributed by atoms with E-state index in [0.717, 1.165) is 11.3 Å². The molecule has 0 aliphatic carbocycles. The highest BCUT2D eigenvalue weighted by Gasteiger charge is 2.28. The van der Waals surface area contributed by atoms with E-state index in [1.807, 2.05) is 45.0 Å². The van der Waals surface area contributed by atoms with Crippen LogP contribution in [0.1, 0.15) is 38.8 Å². The van der Waals surface area contributed by atoms with E-state index in [0.29, 0.717) is 15.6 Å². The van der Waals surface area contributed by atoms with Gasteiger partial charge in [0.1, 0.15) is 11.8 Å². The second-order valence-electron chi connectivity index (χ2n) is 8.20. The second kappa shape index (κ2) is 10.2. The fourth-order valence-electron chi connectivity index (χ4n) is 2.91. The summed E-state index contributed by atoms with van der Waals surface area (Å²) in [5.41, 5.74) is 1.15. The summed E-state index contributed by atoms with van der Waals surface area (Å²) in [6, 6.07) is 11.8. The van der Waals surface area contributed by atoms with Crippen molar-refractivity contribution in [1.29, 1.82) is 0 Å². The molecule has 0 spiro atoms. The minimum absolute atomic E-state index is 0.0687. The summed E-state index contributed by atoms with van der Waals surface area (Å²) in [7, 11) is 1.60. The van der Waals surface area contributed by atoms with Gasteiger partial charge in [0.15, 0.2) is 0 Å². The smallest absolute Gasteiger partial charge is 0.242 e. The average Bonchev–Trinajstić information content (AvgIpc) is 2.66. The molecule has 2 aromatic rings. The van der Waals surface area contributed by atoms with Crippen molar-refractivity contribution in [2.45, 2.75) is 52.2 Å². The molecule has 0 fully saturated rings. The summed E-state index contributed by atoms with van der Waals surface area (Å²) in [5.74, 6) is 0.307. The van der Waals surface area contributed by atoms with Gasteiger partial charge in [0.05, 0.1) is 13.5 Å². The Labute approximate surface area is 188 Å². The van der Waals surface area contributed by atoms with E-state index in [9.17, 15) is 9.59 Å². The predicted octanol–water partition coefficient (Wildman–Crippen LogP) is 4.88. The zero-order chi connectivity index (χ0) is 22.5. The Balaban J connectivity index is 2.28. The lowest BCUT2D eigenvalue weighted by atomic mass is 10.1. The van der Waals surface area contributed by atoms with E-state index in [4.69, 9.17) is 27.9 Å². The highest BCUT2D eigenvalue weighted by atomic mass is 35.5. The third kappa shape index (κ3) is 6.92. The number of hydrogen-bond donors (Lipinski definition) is 1. The number of hydrogen-bond acceptors (Lipinski definition) is 3. The molecule has 0 saturated carbocycles. The topological polar surface area (TPSA) is 58.6 Å². The van der Waals surface area contributed by atoms with E-state index in [-0.39, 0.29) is 24.8 Å². The number of halogens is 2. The van der Waals surface area contributed by atoms with Gasteiger partial charge in [0.25, 0.3) is 0 Å². The minimum Gasteiger partial charge on any atom is -0.497 e. The number of nitrogens with one attached hydrogen (secondary N) is 1. The Morgan fingerprint density at radius 2 is 1.73 bits per heavy atom. The van der Waals surface area contributed by atoms with Crippen LogP contribution in [0.3, 0.4) is 0 Å². The van der Waals surface area contributed by atoms with Gasteiger partial charge >= 0.3 is 0 Å². The number of rotatable bonds is 7. The summed E-state index contributed by atoms with van der Waals surface area (Å²) in [5, 5.41) is 3.87. The maximum absolute atomic E-state index is 13.2. The largest absolute Gasteiger partial charge is 0.497 e. The van der Waals surface area contributed by atoms with Gasteiger partial charge in [0, 0.05) is 22.1 Å². The van der Waals surface area contributed by atoms with Gasteiger partial charge in [-0.1, -0.05) is 41.4 Å². The molecule has 0 heterocycles. The van der Waals surface area contributed by atoms with E-state index < -0.39 is 11.6 Å². The van der Waals surface area contributed by atoms with Gasteiger partial charge in [0.2, 0.25) is 11.8 Å². The number of ether oxygens (including phenoxy) is 1. The predicted molar refractivity (Wildman–Crippen MR) is 121 cm³/mol. The van der Waals surface area contributed by atoms with E-state index in [1.54, 1.807) is 37.1 Å². The molecule has 0 aliphatic rings. The molecule has 5 nitrogen and oxygen atoms in total. The molecule has 2 rings (SSSR count). The van der Waals surface area contributed by atoms with Crippen LogP contribution in [0.4, 0.5) is 0 Å². The van der Waals surface area contributed by atoms with Crippen LogP contribution in [0.25, 0.3) is 0 Å². The molecular weight excluding hydrogens is 423 g/mol. The van der Waals surface area contributed by atoms with Gasteiger partial charge in [-0.15, -0.1) is 0 Å². The molecule has 0 aromatic heterocycles. The Kier molecular flexibility index (Phi) is 8.16. The van der Waals surface area contributed by atoms with Crippen molar-refractivity contribution < 1.29 is 14.3 Å². The highest BCUT2D eigenvalue weighted by Crippen LogP contribution is 2.23. The summed E-state index contributed by atoms with van der Waals surface area (Å²) in [6.45, 7) is 7.72. The molecule has 7 heteroatoms. The molecule has 1 N–H and O–H groups in total. The molecular formula is C23H28Cl2N2O3. The third-order valence-electron chi connectivity index (χ3n) is 4.53. The summed E-state index contributed by atoms with van der Waals surface area (Å²) in [4.78, 5) is 27.6. The molecule has 30 heavy (non-hydrogen) atoms. The molecule has 1 unspecified atom stereocenters. The Morgan fingerprint density at radius 3 is 2.27 bits per heavy atom. The van der Waals surface area contributed by atoms with Gasteiger partial charge in [-0.25, -0.2) is 0 Å². The summed E-state index contributed by atoms with van der Waals surface area (Å²) < 4.78 is 5.19. The molecule has 162 valence electrons. The van der Waals surface area contributed by atoms with E-state index >= 15 is 0 Å². The van der Waals surface area contributed by atoms with Crippen molar-refractivity contribution in [3.63, 3.8) is 0 Å². The van der Waals surface area contributed by atoms with Crippen LogP contribution in [0.15, 0.2) is 42.5 Å². The molecule has 0 saturated heterocycles. The lowest BCUT2D eigenvalue weighted by molar-refractivity contribution is -0.140. The SMILES string of the molecule is COc1ccc(CN(C(=O)Cc2ccc(Cl)cc2Cl)C(C)C(=O)NC(C)(C)C)cc1. The number of carbonyl (C=O) groups is 2. The van der Waals surface area contributed by atoms with Crippen molar-refractivity contribution in [1.82, 2.24) is 10.2 Å². The number of methoxy groups -OCH3 is 1. The van der Waals surface area contributed by atoms with Crippen LogP contribution >= 0.6 is 23.2 Å². The maximum Gasteiger partial charge on any atom is 0.242 e. The van der Waals surface area contributed by atoms with Crippen molar-refractivity contribution in [3.05, 3.63) is 63.6 Å². The number of amides is 2. The van der Waals surface area contributed by atoms with Gasteiger partial charge in [-0.2, -0.15) is 0 Å². The summed E-state index contributed by atoms with van der Waals surface area (Å²) >= 11 is 12.2. The third-order valence-corrected chi connectivity index (χ3v) is 5.12. The number of nitrogens with zero attached hydrogens (tertiary/aromatic N) is 1. The van der Waals surface area contributed by atoms with Gasteiger partial charge < -0.3 is 15.0 Å². The highest BCUT2D eigenvalue weighted by molar-refractivity contribution is 6.35. The zero-order valence-corrected chi connectivity index (χ0v) is 19.5. The zero-order valence-electron chi connectivity index (χ0n) is 18.0. The first kappa shape index (κ1) is 24.0. The molecule has 2 amide bonds. The van der Waals surface area contributed by atoms with Crippen molar-refractivity contribution >= 4 is 35.0 Å². The molecule has 1 atom stereocenters. The number of carbonyl (C=O) groups excluding carboxylic acids is 2. The number of benzene rings is 2. The van der Waals surface area contributed by atoms with Crippen molar-refractivity contribution in [3.8, 4) is 5.75 Å². The molecule has 0 bridgehead atoms. The fourth-order valence-corrected chi connectivity index (χ4v) is 3.39. The Bertz CT molecular complexity index is 892. The standard InChI is InChI=1S/C23H28Cl2N2O3/c1-15(22(29)26-23(2,3)4)27(14-16-6-10-19(30-5)11-7-16)21(28)12-17-8-9-18(24)13-20(17)25/h6-11,13,15H,12,14H2,1-5H3,(H,26,29). The summed E-state index contributed by atoms with van der Waals surface area (Å²) in [6.07, 6.45) is 0.0687. The Hall–Kier alpha value is -2.24. The van der Waals surface area contributed by atoms with Gasteiger partial charge in [-0.3, -0.25) is 9.59 Å². The molecule has 0 radical (unpaired) electrons. The van der Waals surface area contributed by atoms with Crippen molar-refractivity contribution in [2.75, 3.05) is 7.11 Å².